The number of ether oxygens (including phenoxy) is 1. The van der Waals surface area contributed by atoms with Crippen molar-refractivity contribution in [1.29, 1.82) is 0 Å². The minimum absolute atomic E-state index is 0.0371. The van der Waals surface area contributed by atoms with Crippen LogP contribution < -0.4 is 10.9 Å². The van der Waals surface area contributed by atoms with Crippen LogP contribution in [-0.2, 0) is 28.8 Å². The Hall–Kier alpha value is -2.62. The molecule has 0 unspecified atom stereocenters. The van der Waals surface area contributed by atoms with Gasteiger partial charge in [0.15, 0.2) is 5.16 Å². The summed E-state index contributed by atoms with van der Waals surface area (Å²) in [4.78, 5) is 46.5. The highest BCUT2D eigenvalue weighted by Crippen LogP contribution is 2.37. The summed E-state index contributed by atoms with van der Waals surface area (Å²) in [7, 11) is 1.36. The quantitative estimate of drug-likeness (QED) is 0.229. The topological polar surface area (TPSA) is 101 Å². The Balaban J connectivity index is 1.46. The van der Waals surface area contributed by atoms with E-state index in [1.807, 2.05) is 18.2 Å². The third-order valence-electron chi connectivity index (χ3n) is 6.18. The number of fused-ring (bicyclic) bond motifs is 1. The predicted molar refractivity (Wildman–Crippen MR) is 145 cm³/mol. The van der Waals surface area contributed by atoms with Crippen molar-refractivity contribution < 1.29 is 14.3 Å². The van der Waals surface area contributed by atoms with Crippen molar-refractivity contribution in [3.8, 4) is 0 Å². The molecule has 0 spiro atoms. The van der Waals surface area contributed by atoms with Gasteiger partial charge in [0.05, 0.1) is 18.4 Å². The predicted octanol–water partition coefficient (Wildman–Crippen LogP) is 5.56. The zero-order chi connectivity index (χ0) is 25.7. The summed E-state index contributed by atoms with van der Waals surface area (Å²) in [6.45, 7) is 1.77. The first kappa shape index (κ1) is 26.4. The van der Waals surface area contributed by atoms with Crippen LogP contribution in [0.15, 0.2) is 34.2 Å². The minimum atomic E-state index is -0.424. The summed E-state index contributed by atoms with van der Waals surface area (Å²) in [5, 5.41) is 4.39. The highest BCUT2D eigenvalue weighted by Gasteiger charge is 2.26. The van der Waals surface area contributed by atoms with Crippen LogP contribution in [0, 0.1) is 6.92 Å². The number of carbonyl (C=O) groups is 2. The minimum Gasteiger partial charge on any atom is -0.465 e. The molecule has 0 bridgehead atoms. The SMILES string of the molecule is COC(=O)c1c(NC(=O)CSc2nc(C)c(Cc3ccccc3Cl)c(=O)[nH]2)sc2c1CCCCCC2. The Labute approximate surface area is 223 Å². The maximum atomic E-state index is 12.8. The number of aromatic nitrogens is 2. The monoisotopic (exact) mass is 545 g/mol. The van der Waals surface area contributed by atoms with E-state index in [0.717, 1.165) is 59.9 Å². The first-order valence-electron chi connectivity index (χ1n) is 11.9. The number of thioether (sulfide) groups is 1. The van der Waals surface area contributed by atoms with Gasteiger partial charge in [-0.15, -0.1) is 11.3 Å². The molecule has 1 aromatic carbocycles. The van der Waals surface area contributed by atoms with Gasteiger partial charge in [0, 0.05) is 27.6 Å². The number of methoxy groups -OCH3 is 1. The fraction of sp³-hybridized carbons (Fsp3) is 0.385. The molecule has 4 rings (SSSR count). The third-order valence-corrected chi connectivity index (χ3v) is 8.63. The fourth-order valence-corrected chi connectivity index (χ4v) is 6.52. The number of rotatable bonds is 7. The summed E-state index contributed by atoms with van der Waals surface area (Å²) in [6.07, 6.45) is 6.48. The molecule has 0 atom stereocenters. The average Bonchev–Trinajstić information content (AvgIpc) is 3.16. The standard InChI is InChI=1S/C26H28ClN3O4S2/c1-15-18(13-16-9-7-8-11-19(16)27)23(32)30-26(28-15)35-14-21(31)29-24-22(25(33)34-2)17-10-5-3-4-6-12-20(17)36-24/h7-9,11H,3-6,10,12-14H2,1-2H3,(H,29,31)(H,28,30,32). The van der Waals surface area contributed by atoms with Crippen molar-refractivity contribution in [2.75, 3.05) is 18.2 Å². The number of H-pyrrole nitrogens is 1. The van der Waals surface area contributed by atoms with E-state index in [0.29, 0.717) is 38.4 Å². The Morgan fingerprint density at radius 3 is 2.67 bits per heavy atom. The van der Waals surface area contributed by atoms with Crippen LogP contribution in [0.1, 0.15) is 63.3 Å². The number of benzene rings is 1. The number of nitrogens with zero attached hydrogens (tertiary/aromatic N) is 1. The van der Waals surface area contributed by atoms with Gasteiger partial charge in [0.1, 0.15) is 5.00 Å². The van der Waals surface area contributed by atoms with E-state index in [1.165, 1.54) is 24.9 Å². The molecule has 0 aliphatic heterocycles. The first-order valence-corrected chi connectivity index (χ1v) is 14.0. The van der Waals surface area contributed by atoms with E-state index < -0.39 is 5.97 Å². The summed E-state index contributed by atoms with van der Waals surface area (Å²) in [5.41, 5.74) is 3.20. The Morgan fingerprint density at radius 2 is 1.94 bits per heavy atom. The Bertz CT molecular complexity index is 1340. The average molecular weight is 546 g/mol. The molecule has 1 aliphatic rings. The summed E-state index contributed by atoms with van der Waals surface area (Å²) < 4.78 is 5.02. The normalized spacial score (nSPS) is 13.4. The van der Waals surface area contributed by atoms with Crippen molar-refractivity contribution in [2.24, 2.45) is 0 Å². The van der Waals surface area contributed by atoms with E-state index in [9.17, 15) is 14.4 Å². The van der Waals surface area contributed by atoms with E-state index in [-0.39, 0.29) is 17.2 Å². The van der Waals surface area contributed by atoms with Gasteiger partial charge in [0.2, 0.25) is 5.91 Å². The number of anilines is 1. The molecule has 0 saturated carbocycles. The number of hydrogen-bond acceptors (Lipinski definition) is 7. The molecule has 0 saturated heterocycles. The van der Waals surface area contributed by atoms with Crippen LogP contribution in [0.2, 0.25) is 5.02 Å². The summed E-state index contributed by atoms with van der Waals surface area (Å²) in [5.74, 6) is -0.665. The lowest BCUT2D eigenvalue weighted by atomic mass is 9.96. The molecule has 7 nitrogen and oxygen atoms in total. The van der Waals surface area contributed by atoms with E-state index in [1.54, 1.807) is 13.0 Å². The lowest BCUT2D eigenvalue weighted by Crippen LogP contribution is -2.19. The van der Waals surface area contributed by atoms with Gasteiger partial charge in [-0.05, 0) is 49.8 Å². The van der Waals surface area contributed by atoms with Gasteiger partial charge in [0.25, 0.3) is 5.56 Å². The summed E-state index contributed by atoms with van der Waals surface area (Å²) in [6, 6.07) is 7.38. The molecule has 36 heavy (non-hydrogen) atoms. The van der Waals surface area contributed by atoms with Gasteiger partial charge in [-0.1, -0.05) is 54.4 Å². The molecule has 2 heterocycles. The molecular formula is C26H28ClN3O4S2. The van der Waals surface area contributed by atoms with E-state index in [2.05, 4.69) is 15.3 Å². The van der Waals surface area contributed by atoms with Gasteiger partial charge < -0.3 is 15.0 Å². The molecule has 1 amide bonds. The highest BCUT2D eigenvalue weighted by atomic mass is 35.5. The maximum Gasteiger partial charge on any atom is 0.341 e. The first-order chi connectivity index (χ1) is 17.4. The van der Waals surface area contributed by atoms with Crippen LogP contribution >= 0.6 is 34.7 Å². The molecular weight excluding hydrogens is 518 g/mol. The van der Waals surface area contributed by atoms with Crippen LogP contribution in [0.5, 0.6) is 0 Å². The van der Waals surface area contributed by atoms with Crippen LogP contribution in [0.4, 0.5) is 5.00 Å². The number of aryl methyl sites for hydroxylation is 2. The number of halogens is 1. The zero-order valence-corrected chi connectivity index (χ0v) is 22.6. The molecule has 2 N–H and O–H groups in total. The molecule has 10 heteroatoms. The number of nitrogens with one attached hydrogen (secondary N) is 2. The molecule has 3 aromatic rings. The van der Waals surface area contributed by atoms with Crippen molar-refractivity contribution in [1.82, 2.24) is 9.97 Å². The second kappa shape index (κ2) is 12.1. The third kappa shape index (κ3) is 6.19. The Kier molecular flexibility index (Phi) is 8.87. The lowest BCUT2D eigenvalue weighted by Gasteiger charge is -2.11. The summed E-state index contributed by atoms with van der Waals surface area (Å²) >= 11 is 8.84. The molecule has 2 aromatic heterocycles. The van der Waals surface area contributed by atoms with Crippen molar-refractivity contribution in [3.05, 3.63) is 72.5 Å². The van der Waals surface area contributed by atoms with Crippen LogP contribution in [-0.4, -0.2) is 34.7 Å². The second-order valence-corrected chi connectivity index (χ2v) is 11.1. The number of hydrogen-bond donors (Lipinski definition) is 2. The number of esters is 1. The van der Waals surface area contributed by atoms with Crippen molar-refractivity contribution >= 4 is 51.6 Å². The van der Waals surface area contributed by atoms with E-state index >= 15 is 0 Å². The van der Waals surface area contributed by atoms with Crippen molar-refractivity contribution in [2.45, 2.75) is 57.0 Å². The molecule has 190 valence electrons. The van der Waals surface area contributed by atoms with Gasteiger partial charge in [-0.25, -0.2) is 9.78 Å². The Morgan fingerprint density at radius 1 is 1.19 bits per heavy atom. The van der Waals surface area contributed by atoms with Crippen molar-refractivity contribution in [3.63, 3.8) is 0 Å². The largest absolute Gasteiger partial charge is 0.465 e. The molecule has 0 fully saturated rings. The number of thiophene rings is 1. The van der Waals surface area contributed by atoms with Gasteiger partial charge in [-0.3, -0.25) is 9.59 Å². The molecule has 1 aliphatic carbocycles. The number of carbonyl (C=O) groups excluding carboxylic acids is 2. The molecule has 0 radical (unpaired) electrons. The zero-order valence-electron chi connectivity index (χ0n) is 20.2. The number of aromatic amines is 1. The van der Waals surface area contributed by atoms with Crippen LogP contribution in [0.25, 0.3) is 0 Å². The second-order valence-electron chi connectivity index (χ2n) is 8.65. The maximum absolute atomic E-state index is 12.8. The van der Waals surface area contributed by atoms with Gasteiger partial charge >= 0.3 is 5.97 Å². The van der Waals surface area contributed by atoms with Gasteiger partial charge in [-0.2, -0.15) is 0 Å². The van der Waals surface area contributed by atoms with Crippen LogP contribution in [0.3, 0.4) is 0 Å². The smallest absolute Gasteiger partial charge is 0.341 e. The highest BCUT2D eigenvalue weighted by molar-refractivity contribution is 7.99. The lowest BCUT2D eigenvalue weighted by molar-refractivity contribution is -0.113. The fourth-order valence-electron chi connectivity index (χ4n) is 4.32. The van der Waals surface area contributed by atoms with E-state index in [4.69, 9.17) is 16.3 Å². The number of amides is 1.